The van der Waals surface area contributed by atoms with Gasteiger partial charge in [-0.3, -0.25) is 5.21 Å². The first-order valence-corrected chi connectivity index (χ1v) is 5.16. The molecular weight excluding hydrogens is 218 g/mol. The summed E-state index contributed by atoms with van der Waals surface area (Å²) in [6.45, 7) is 1.96. The van der Waals surface area contributed by atoms with Gasteiger partial charge in [0.05, 0.1) is 0 Å². The molecule has 0 fully saturated rings. The van der Waals surface area contributed by atoms with Gasteiger partial charge in [-0.1, -0.05) is 35.1 Å². The molecule has 2 aromatic carbocycles. The van der Waals surface area contributed by atoms with Crippen LogP contribution in [0.5, 0.6) is 11.5 Å². The van der Waals surface area contributed by atoms with Crippen molar-refractivity contribution in [2.45, 2.75) is 6.92 Å². The molecule has 0 radical (unpaired) electrons. The highest BCUT2D eigenvalue weighted by Gasteiger charge is 2.04. The van der Waals surface area contributed by atoms with E-state index in [9.17, 15) is 10.3 Å². The van der Waals surface area contributed by atoms with E-state index in [0.717, 1.165) is 5.56 Å². The van der Waals surface area contributed by atoms with Crippen molar-refractivity contribution in [3.05, 3.63) is 54.1 Å². The van der Waals surface area contributed by atoms with Gasteiger partial charge in [0.2, 0.25) is 0 Å². The van der Waals surface area contributed by atoms with E-state index in [1.54, 1.807) is 12.1 Å². The van der Waals surface area contributed by atoms with Gasteiger partial charge >= 0.3 is 0 Å². The van der Waals surface area contributed by atoms with Crippen molar-refractivity contribution in [1.29, 1.82) is 0 Å². The van der Waals surface area contributed by atoms with E-state index in [4.69, 9.17) is 4.84 Å². The first kappa shape index (κ1) is 11.3. The van der Waals surface area contributed by atoms with Crippen molar-refractivity contribution < 1.29 is 15.2 Å². The Hall–Kier alpha value is -2.20. The van der Waals surface area contributed by atoms with Gasteiger partial charge in [0.1, 0.15) is 5.69 Å². The maximum atomic E-state index is 10.9. The maximum Gasteiger partial charge on any atom is 0.158 e. The molecule has 88 valence electrons. The zero-order valence-electron chi connectivity index (χ0n) is 9.33. The Morgan fingerprint density at radius 2 is 1.59 bits per heavy atom. The molecule has 0 aromatic heterocycles. The Kier molecular flexibility index (Phi) is 3.16. The minimum absolute atomic E-state index is 0.0998. The summed E-state index contributed by atoms with van der Waals surface area (Å²) < 4.78 is 0. The van der Waals surface area contributed by atoms with Crippen molar-refractivity contribution in [2.75, 3.05) is 5.23 Å². The van der Waals surface area contributed by atoms with Gasteiger partial charge in [-0.25, -0.2) is 0 Å². The van der Waals surface area contributed by atoms with Crippen LogP contribution in [0.25, 0.3) is 0 Å². The number of hydrogen-bond donors (Lipinski definition) is 1. The van der Waals surface area contributed by atoms with E-state index in [0.29, 0.717) is 16.7 Å². The summed E-state index contributed by atoms with van der Waals surface area (Å²) in [5, 5.41) is 21.2. The number of benzene rings is 2. The lowest BCUT2D eigenvalue weighted by Gasteiger charge is -2.17. The molecule has 0 aliphatic carbocycles. The Bertz CT molecular complexity index is 479. The summed E-state index contributed by atoms with van der Waals surface area (Å²) in [5.74, 6) is 0.296. The average Bonchev–Trinajstić information content (AvgIpc) is 2.33. The molecule has 4 nitrogen and oxygen atoms in total. The topological polar surface area (TPSA) is 55.8 Å². The molecule has 17 heavy (non-hydrogen) atoms. The third kappa shape index (κ3) is 2.89. The lowest BCUT2D eigenvalue weighted by atomic mass is 10.2. The first-order valence-electron chi connectivity index (χ1n) is 5.16. The van der Waals surface area contributed by atoms with Gasteiger partial charge in [0.25, 0.3) is 0 Å². The van der Waals surface area contributed by atoms with Crippen LogP contribution < -0.4 is 15.2 Å². The fraction of sp³-hybridized carbons (Fsp3) is 0.0769. The van der Waals surface area contributed by atoms with Crippen molar-refractivity contribution in [2.24, 2.45) is 0 Å². The van der Waals surface area contributed by atoms with Gasteiger partial charge < -0.3 is 9.94 Å². The van der Waals surface area contributed by atoms with E-state index in [2.05, 4.69) is 0 Å². The van der Waals surface area contributed by atoms with Crippen molar-refractivity contribution in [3.63, 3.8) is 0 Å². The highest BCUT2D eigenvalue weighted by molar-refractivity contribution is 5.43. The number of aryl methyl sites for hydroxylation is 1. The molecular formula is C13H12NO3-. The molecule has 0 heterocycles. The second-order valence-electron chi connectivity index (χ2n) is 3.67. The summed E-state index contributed by atoms with van der Waals surface area (Å²) in [7, 11) is 0. The minimum Gasteiger partial charge on any atom is -0.872 e. The normalized spacial score (nSPS) is 10.0. The summed E-state index contributed by atoms with van der Waals surface area (Å²) in [4.78, 5) is 5.15. The Labute approximate surface area is 99.2 Å². The van der Waals surface area contributed by atoms with Gasteiger partial charge in [-0.15, -0.1) is 5.75 Å². The van der Waals surface area contributed by atoms with Crippen LogP contribution in [0.2, 0.25) is 0 Å². The summed E-state index contributed by atoms with van der Waals surface area (Å²) >= 11 is 0. The molecule has 0 spiro atoms. The van der Waals surface area contributed by atoms with E-state index in [1.165, 1.54) is 24.3 Å². The Balaban J connectivity index is 2.08. The van der Waals surface area contributed by atoms with Gasteiger partial charge in [0.15, 0.2) is 5.75 Å². The quantitative estimate of drug-likeness (QED) is 0.822. The predicted molar refractivity (Wildman–Crippen MR) is 62.0 cm³/mol. The van der Waals surface area contributed by atoms with Crippen LogP contribution in [0.1, 0.15) is 5.56 Å². The summed E-state index contributed by atoms with van der Waals surface area (Å²) in [6.07, 6.45) is 0. The monoisotopic (exact) mass is 230 g/mol. The van der Waals surface area contributed by atoms with E-state index >= 15 is 0 Å². The van der Waals surface area contributed by atoms with Crippen molar-refractivity contribution >= 4 is 5.69 Å². The molecule has 0 amide bonds. The molecule has 2 aromatic rings. The van der Waals surface area contributed by atoms with E-state index in [1.807, 2.05) is 19.1 Å². The molecule has 0 saturated carbocycles. The number of rotatable bonds is 3. The van der Waals surface area contributed by atoms with E-state index in [-0.39, 0.29) is 5.75 Å². The summed E-state index contributed by atoms with van der Waals surface area (Å²) in [5.41, 5.74) is 1.61. The second kappa shape index (κ2) is 4.76. The minimum atomic E-state index is -0.0998. The highest BCUT2D eigenvalue weighted by Crippen LogP contribution is 2.19. The largest absolute Gasteiger partial charge is 0.872 e. The lowest BCUT2D eigenvalue weighted by molar-refractivity contribution is -0.268. The van der Waals surface area contributed by atoms with E-state index < -0.39 is 0 Å². The summed E-state index contributed by atoms with van der Waals surface area (Å²) in [6, 6.07) is 12.9. The Morgan fingerprint density at radius 1 is 1.00 bits per heavy atom. The number of nitrogens with zero attached hydrogens (tertiary/aromatic N) is 1. The smallest absolute Gasteiger partial charge is 0.158 e. The molecule has 0 aliphatic heterocycles. The molecule has 0 bridgehead atoms. The molecule has 0 saturated heterocycles. The average molecular weight is 230 g/mol. The third-order valence-electron chi connectivity index (χ3n) is 2.27. The predicted octanol–water partition coefficient (Wildman–Crippen LogP) is 2.26. The fourth-order valence-electron chi connectivity index (χ4n) is 1.33. The van der Waals surface area contributed by atoms with Gasteiger partial charge in [-0.05, 0) is 31.2 Å². The van der Waals surface area contributed by atoms with Crippen LogP contribution in [0, 0.1) is 6.92 Å². The first-order chi connectivity index (χ1) is 8.15. The molecule has 0 unspecified atom stereocenters. The van der Waals surface area contributed by atoms with Crippen LogP contribution in [0.15, 0.2) is 48.5 Å². The second-order valence-corrected chi connectivity index (χ2v) is 3.67. The molecule has 0 atom stereocenters. The van der Waals surface area contributed by atoms with Crippen LogP contribution in [-0.4, -0.2) is 5.21 Å². The lowest BCUT2D eigenvalue weighted by Crippen LogP contribution is -2.22. The zero-order chi connectivity index (χ0) is 12.3. The van der Waals surface area contributed by atoms with Gasteiger partial charge in [0, 0.05) is 0 Å². The van der Waals surface area contributed by atoms with Crippen molar-refractivity contribution in [3.8, 4) is 11.5 Å². The number of anilines is 1. The number of hydrogen-bond acceptors (Lipinski definition) is 4. The van der Waals surface area contributed by atoms with Crippen molar-refractivity contribution in [1.82, 2.24) is 0 Å². The standard InChI is InChI=1S/C13H13NO3/c1-10-2-4-11(5-3-10)14(16)17-13-8-6-12(15)7-9-13/h2-9,15-16H,1H3/p-1. The fourth-order valence-corrected chi connectivity index (χ4v) is 1.33. The van der Waals surface area contributed by atoms with Crippen LogP contribution in [0.4, 0.5) is 5.69 Å². The molecule has 0 aliphatic rings. The Morgan fingerprint density at radius 3 is 2.18 bits per heavy atom. The zero-order valence-corrected chi connectivity index (χ0v) is 9.33. The molecule has 1 N–H and O–H groups in total. The van der Waals surface area contributed by atoms with Crippen LogP contribution >= 0.6 is 0 Å². The molecule has 4 heteroatoms. The van der Waals surface area contributed by atoms with Crippen LogP contribution in [-0.2, 0) is 0 Å². The van der Waals surface area contributed by atoms with Gasteiger partial charge in [-0.2, -0.15) is 0 Å². The highest BCUT2D eigenvalue weighted by atomic mass is 16.9. The SMILES string of the molecule is Cc1ccc(N(O)Oc2ccc([O-])cc2)cc1. The molecule has 2 rings (SSSR count). The third-order valence-corrected chi connectivity index (χ3v) is 2.27. The maximum absolute atomic E-state index is 10.9. The van der Waals surface area contributed by atoms with Crippen LogP contribution in [0.3, 0.4) is 0 Å².